The molecule has 2 aliphatic heterocycles. The predicted molar refractivity (Wildman–Crippen MR) is 95.4 cm³/mol. The first-order valence-corrected chi connectivity index (χ1v) is 8.81. The van der Waals surface area contributed by atoms with Crippen molar-refractivity contribution in [3.05, 3.63) is 0 Å². The molecule has 0 radical (unpaired) electrons. The van der Waals surface area contributed by atoms with Crippen LogP contribution >= 0.6 is 12.4 Å². The number of rotatable bonds is 5. The molecule has 2 rings (SSSR count). The van der Waals surface area contributed by atoms with Gasteiger partial charge in [-0.3, -0.25) is 0 Å². The minimum absolute atomic E-state index is 0. The zero-order valence-corrected chi connectivity index (χ0v) is 15.6. The van der Waals surface area contributed by atoms with E-state index < -0.39 is 0 Å². The maximum Gasteiger partial charge on any atom is 0.00327 e. The van der Waals surface area contributed by atoms with Gasteiger partial charge in [-0.05, 0) is 75.5 Å². The van der Waals surface area contributed by atoms with E-state index in [0.29, 0.717) is 10.8 Å². The van der Waals surface area contributed by atoms with Crippen molar-refractivity contribution in [2.45, 2.75) is 66.2 Å². The number of unbranched alkanes of at least 4 members (excludes halogenated alkanes) is 1. The Morgan fingerprint density at radius 1 is 0.714 bits per heavy atom. The lowest BCUT2D eigenvalue weighted by molar-refractivity contribution is 0.103. The Morgan fingerprint density at radius 3 is 1.43 bits per heavy atom. The van der Waals surface area contributed by atoms with Crippen molar-refractivity contribution in [1.29, 1.82) is 0 Å². The molecule has 2 nitrogen and oxygen atoms in total. The summed E-state index contributed by atoms with van der Waals surface area (Å²) in [5.74, 6) is 0. The lowest BCUT2D eigenvalue weighted by Crippen LogP contribution is -2.41. The fraction of sp³-hybridized carbons (Fsp3) is 1.00. The van der Waals surface area contributed by atoms with E-state index in [2.05, 4.69) is 37.5 Å². The molecule has 0 aromatic carbocycles. The van der Waals surface area contributed by atoms with Crippen LogP contribution in [0.3, 0.4) is 0 Å². The average Bonchev–Trinajstić information content (AvgIpc) is 2.32. The lowest BCUT2D eigenvalue weighted by atomic mass is 9.84. The fourth-order valence-electron chi connectivity index (χ4n) is 4.14. The smallest absolute Gasteiger partial charge is 0.00327 e. The summed E-state index contributed by atoms with van der Waals surface area (Å²) in [5, 5.41) is 0. The van der Waals surface area contributed by atoms with Gasteiger partial charge < -0.3 is 9.80 Å². The zero-order valence-electron chi connectivity index (χ0n) is 14.8. The molecule has 2 saturated heterocycles. The topological polar surface area (TPSA) is 6.48 Å². The molecule has 0 aliphatic carbocycles. The van der Waals surface area contributed by atoms with Crippen molar-refractivity contribution in [2.24, 2.45) is 10.8 Å². The number of hydrogen-bond acceptors (Lipinski definition) is 2. The zero-order chi connectivity index (χ0) is 14.6. The van der Waals surface area contributed by atoms with Crippen molar-refractivity contribution in [1.82, 2.24) is 9.80 Å². The maximum absolute atomic E-state index is 2.70. The highest BCUT2D eigenvalue weighted by atomic mass is 35.5. The summed E-state index contributed by atoms with van der Waals surface area (Å²) in [6, 6.07) is 0. The molecule has 0 atom stereocenters. The first-order valence-electron chi connectivity index (χ1n) is 8.81. The first kappa shape index (κ1) is 19.3. The quantitative estimate of drug-likeness (QED) is 0.692. The Hall–Kier alpha value is 0.210. The highest BCUT2D eigenvalue weighted by Gasteiger charge is 2.27. The van der Waals surface area contributed by atoms with Crippen LogP contribution in [0.1, 0.15) is 66.2 Å². The normalized spacial score (nSPS) is 26.3. The van der Waals surface area contributed by atoms with Gasteiger partial charge in [0.2, 0.25) is 0 Å². The SMILES string of the molecule is CC1(C)CCCN(CCCCN2CCCC(C)(C)C2)C1.Cl. The summed E-state index contributed by atoms with van der Waals surface area (Å²) in [7, 11) is 0. The molecule has 21 heavy (non-hydrogen) atoms. The van der Waals surface area contributed by atoms with Crippen LogP contribution in [0.5, 0.6) is 0 Å². The molecule has 0 aromatic heterocycles. The molecular formula is C18H37ClN2. The Labute approximate surface area is 139 Å². The van der Waals surface area contributed by atoms with E-state index in [4.69, 9.17) is 0 Å². The van der Waals surface area contributed by atoms with Crippen molar-refractivity contribution in [2.75, 3.05) is 39.3 Å². The third kappa shape index (κ3) is 6.88. The van der Waals surface area contributed by atoms with Gasteiger partial charge >= 0.3 is 0 Å². The van der Waals surface area contributed by atoms with Gasteiger partial charge in [-0.2, -0.15) is 0 Å². The summed E-state index contributed by atoms with van der Waals surface area (Å²) in [6.07, 6.45) is 8.37. The molecule has 2 heterocycles. The molecule has 0 spiro atoms. The van der Waals surface area contributed by atoms with E-state index >= 15 is 0 Å². The van der Waals surface area contributed by atoms with Gasteiger partial charge in [-0.15, -0.1) is 12.4 Å². The highest BCUT2D eigenvalue weighted by Crippen LogP contribution is 2.29. The highest BCUT2D eigenvalue weighted by molar-refractivity contribution is 5.85. The molecule has 0 amide bonds. The van der Waals surface area contributed by atoms with Crippen molar-refractivity contribution in [3.63, 3.8) is 0 Å². The molecule has 0 bridgehead atoms. The van der Waals surface area contributed by atoms with Crippen LogP contribution in [0.2, 0.25) is 0 Å². The summed E-state index contributed by atoms with van der Waals surface area (Å²) >= 11 is 0. The Bertz CT molecular complexity index is 272. The number of piperidine rings is 2. The van der Waals surface area contributed by atoms with Crippen molar-refractivity contribution < 1.29 is 0 Å². The van der Waals surface area contributed by atoms with E-state index in [0.717, 1.165) is 0 Å². The van der Waals surface area contributed by atoms with Gasteiger partial charge in [0.25, 0.3) is 0 Å². The Kier molecular flexibility index (Phi) is 7.49. The van der Waals surface area contributed by atoms with E-state index in [1.807, 2.05) is 0 Å². The summed E-state index contributed by atoms with van der Waals surface area (Å²) in [5.41, 5.74) is 1.10. The van der Waals surface area contributed by atoms with Crippen LogP contribution in [0.25, 0.3) is 0 Å². The number of likely N-dealkylation sites (tertiary alicyclic amines) is 2. The van der Waals surface area contributed by atoms with Crippen LogP contribution in [0, 0.1) is 10.8 Å². The number of halogens is 1. The van der Waals surface area contributed by atoms with Gasteiger partial charge in [0.15, 0.2) is 0 Å². The summed E-state index contributed by atoms with van der Waals surface area (Å²) in [6.45, 7) is 17.6. The molecule has 2 fully saturated rings. The van der Waals surface area contributed by atoms with Crippen LogP contribution in [-0.2, 0) is 0 Å². The molecule has 126 valence electrons. The van der Waals surface area contributed by atoms with Crippen molar-refractivity contribution >= 4 is 12.4 Å². The third-order valence-corrected chi connectivity index (χ3v) is 5.16. The monoisotopic (exact) mass is 316 g/mol. The molecule has 0 saturated carbocycles. The minimum Gasteiger partial charge on any atom is -0.303 e. The Balaban J connectivity index is 0.00000220. The van der Waals surface area contributed by atoms with Gasteiger partial charge in [-0.25, -0.2) is 0 Å². The standard InChI is InChI=1S/C18H36N2.ClH/c1-17(2)9-7-13-19(15-17)11-5-6-12-20-14-8-10-18(3,4)16-20;/h5-16H2,1-4H3;1H. The maximum atomic E-state index is 2.70. The second-order valence-corrected chi connectivity index (χ2v) is 8.79. The van der Waals surface area contributed by atoms with Crippen LogP contribution in [-0.4, -0.2) is 49.1 Å². The molecule has 0 unspecified atom stereocenters. The second kappa shape index (κ2) is 8.17. The molecular weight excluding hydrogens is 280 g/mol. The van der Waals surface area contributed by atoms with Crippen LogP contribution in [0.4, 0.5) is 0 Å². The van der Waals surface area contributed by atoms with Crippen LogP contribution < -0.4 is 0 Å². The molecule has 2 aliphatic rings. The first-order chi connectivity index (χ1) is 9.36. The minimum atomic E-state index is 0. The van der Waals surface area contributed by atoms with Gasteiger partial charge in [0.1, 0.15) is 0 Å². The van der Waals surface area contributed by atoms with Gasteiger partial charge in [-0.1, -0.05) is 27.7 Å². The van der Waals surface area contributed by atoms with Crippen LogP contribution in [0.15, 0.2) is 0 Å². The molecule has 0 aromatic rings. The van der Waals surface area contributed by atoms with E-state index in [1.54, 1.807) is 0 Å². The van der Waals surface area contributed by atoms with E-state index in [-0.39, 0.29) is 12.4 Å². The van der Waals surface area contributed by atoms with Gasteiger partial charge in [0, 0.05) is 13.1 Å². The second-order valence-electron chi connectivity index (χ2n) is 8.79. The molecule has 0 N–H and O–H groups in total. The number of hydrogen-bond donors (Lipinski definition) is 0. The summed E-state index contributed by atoms with van der Waals surface area (Å²) < 4.78 is 0. The third-order valence-electron chi connectivity index (χ3n) is 5.16. The fourth-order valence-corrected chi connectivity index (χ4v) is 4.14. The lowest BCUT2D eigenvalue weighted by Gasteiger charge is -2.39. The van der Waals surface area contributed by atoms with E-state index in [1.165, 1.54) is 77.8 Å². The van der Waals surface area contributed by atoms with Crippen molar-refractivity contribution in [3.8, 4) is 0 Å². The molecule has 3 heteroatoms. The predicted octanol–water partition coefficient (Wildman–Crippen LogP) is 4.43. The largest absolute Gasteiger partial charge is 0.303 e. The van der Waals surface area contributed by atoms with E-state index in [9.17, 15) is 0 Å². The van der Waals surface area contributed by atoms with Gasteiger partial charge in [0.05, 0.1) is 0 Å². The average molecular weight is 317 g/mol. The number of nitrogens with zero attached hydrogens (tertiary/aromatic N) is 2. The summed E-state index contributed by atoms with van der Waals surface area (Å²) in [4.78, 5) is 5.40. The Morgan fingerprint density at radius 2 is 1.10 bits per heavy atom.